The second kappa shape index (κ2) is 4.78. The Morgan fingerprint density at radius 1 is 1.05 bits per heavy atom. The summed E-state index contributed by atoms with van der Waals surface area (Å²) in [5, 5.41) is 10.2. The highest BCUT2D eigenvalue weighted by molar-refractivity contribution is 5.53. The number of hydrogen-bond donors (Lipinski definition) is 1. The first-order chi connectivity index (χ1) is 9.49. The van der Waals surface area contributed by atoms with Gasteiger partial charge < -0.3 is 9.67 Å². The van der Waals surface area contributed by atoms with Crippen molar-refractivity contribution in [2.75, 3.05) is 0 Å². The largest absolute Gasteiger partial charge is 0.388 e. The molecule has 0 spiro atoms. The molecule has 0 aliphatic heterocycles. The number of aliphatic hydroxyl groups is 1. The molecular formula is C18H23NO. The van der Waals surface area contributed by atoms with Crippen LogP contribution < -0.4 is 0 Å². The SMILES string of the molecule is Cc1cc(C)c(-n2c(C)cc3c2CCCC3O)c(C)c1. The molecule has 20 heavy (non-hydrogen) atoms. The normalized spacial score (nSPS) is 18.1. The molecule has 0 saturated heterocycles. The minimum Gasteiger partial charge on any atom is -0.388 e. The van der Waals surface area contributed by atoms with Crippen molar-refractivity contribution in [3.8, 4) is 5.69 Å². The smallest absolute Gasteiger partial charge is 0.0807 e. The molecule has 2 nitrogen and oxygen atoms in total. The van der Waals surface area contributed by atoms with E-state index in [2.05, 4.69) is 50.5 Å². The average Bonchev–Trinajstić information content (AvgIpc) is 2.67. The van der Waals surface area contributed by atoms with E-state index in [9.17, 15) is 5.11 Å². The van der Waals surface area contributed by atoms with Gasteiger partial charge in [-0.05, 0) is 64.2 Å². The Labute approximate surface area is 121 Å². The predicted octanol–water partition coefficient (Wildman–Crippen LogP) is 4.08. The number of fused-ring (bicyclic) bond motifs is 1. The Kier molecular flexibility index (Phi) is 3.21. The van der Waals surface area contributed by atoms with Crippen LogP contribution in [0.4, 0.5) is 0 Å². The van der Waals surface area contributed by atoms with Crippen LogP contribution in [0.25, 0.3) is 5.69 Å². The lowest BCUT2D eigenvalue weighted by atomic mass is 9.95. The molecule has 1 unspecified atom stereocenters. The Bertz CT molecular complexity index is 643. The summed E-state index contributed by atoms with van der Waals surface area (Å²) >= 11 is 0. The van der Waals surface area contributed by atoms with Crippen molar-refractivity contribution in [2.24, 2.45) is 0 Å². The van der Waals surface area contributed by atoms with Crippen molar-refractivity contribution in [3.05, 3.63) is 51.8 Å². The number of rotatable bonds is 1. The summed E-state index contributed by atoms with van der Waals surface area (Å²) in [6, 6.07) is 6.65. The molecule has 3 rings (SSSR count). The Morgan fingerprint density at radius 3 is 2.35 bits per heavy atom. The van der Waals surface area contributed by atoms with E-state index in [1.807, 2.05) is 0 Å². The minimum absolute atomic E-state index is 0.287. The monoisotopic (exact) mass is 269 g/mol. The van der Waals surface area contributed by atoms with E-state index < -0.39 is 0 Å². The van der Waals surface area contributed by atoms with E-state index in [-0.39, 0.29) is 6.10 Å². The molecule has 106 valence electrons. The van der Waals surface area contributed by atoms with Crippen LogP contribution in [0.15, 0.2) is 18.2 Å². The van der Waals surface area contributed by atoms with Crippen LogP contribution in [-0.2, 0) is 6.42 Å². The quantitative estimate of drug-likeness (QED) is 0.829. The van der Waals surface area contributed by atoms with Crippen molar-refractivity contribution in [3.63, 3.8) is 0 Å². The molecule has 1 atom stereocenters. The summed E-state index contributed by atoms with van der Waals surface area (Å²) in [6.07, 6.45) is 2.74. The molecule has 2 heteroatoms. The number of aliphatic hydroxyl groups excluding tert-OH is 1. The molecule has 0 fully saturated rings. The van der Waals surface area contributed by atoms with Gasteiger partial charge in [0.25, 0.3) is 0 Å². The first-order valence-electron chi connectivity index (χ1n) is 7.46. The van der Waals surface area contributed by atoms with Crippen molar-refractivity contribution in [2.45, 2.75) is 53.1 Å². The number of hydrogen-bond acceptors (Lipinski definition) is 1. The Balaban J connectivity index is 2.26. The highest BCUT2D eigenvalue weighted by atomic mass is 16.3. The maximum atomic E-state index is 10.2. The zero-order chi connectivity index (χ0) is 14.4. The van der Waals surface area contributed by atoms with Gasteiger partial charge in [0.1, 0.15) is 0 Å². The molecule has 1 aromatic carbocycles. The number of nitrogens with zero attached hydrogens (tertiary/aromatic N) is 1. The fourth-order valence-corrected chi connectivity index (χ4v) is 3.71. The summed E-state index contributed by atoms with van der Waals surface area (Å²) in [6.45, 7) is 8.65. The molecule has 2 aromatic rings. The first kappa shape index (κ1) is 13.4. The third-order valence-corrected chi connectivity index (χ3v) is 4.43. The van der Waals surface area contributed by atoms with Crippen LogP contribution >= 0.6 is 0 Å². The van der Waals surface area contributed by atoms with Crippen LogP contribution in [0.5, 0.6) is 0 Å². The van der Waals surface area contributed by atoms with Gasteiger partial charge >= 0.3 is 0 Å². The fraction of sp³-hybridized carbons (Fsp3) is 0.444. The Morgan fingerprint density at radius 2 is 1.70 bits per heavy atom. The van der Waals surface area contributed by atoms with Crippen LogP contribution in [-0.4, -0.2) is 9.67 Å². The molecule has 1 heterocycles. The van der Waals surface area contributed by atoms with Crippen LogP contribution in [0.3, 0.4) is 0 Å². The van der Waals surface area contributed by atoms with Crippen LogP contribution in [0.2, 0.25) is 0 Å². The van der Waals surface area contributed by atoms with E-state index >= 15 is 0 Å². The van der Waals surface area contributed by atoms with Crippen molar-refractivity contribution in [1.82, 2.24) is 4.57 Å². The van der Waals surface area contributed by atoms with Gasteiger partial charge in [0, 0.05) is 17.0 Å². The summed E-state index contributed by atoms with van der Waals surface area (Å²) in [5.74, 6) is 0. The molecule has 0 amide bonds. The van der Waals surface area contributed by atoms with Gasteiger partial charge in [-0.25, -0.2) is 0 Å². The summed E-state index contributed by atoms with van der Waals surface area (Å²) in [7, 11) is 0. The van der Waals surface area contributed by atoms with E-state index in [4.69, 9.17) is 0 Å². The Hall–Kier alpha value is -1.54. The van der Waals surface area contributed by atoms with Gasteiger partial charge in [0.15, 0.2) is 0 Å². The lowest BCUT2D eigenvalue weighted by Gasteiger charge is -2.22. The fourth-order valence-electron chi connectivity index (χ4n) is 3.71. The topological polar surface area (TPSA) is 25.2 Å². The summed E-state index contributed by atoms with van der Waals surface area (Å²) in [4.78, 5) is 0. The van der Waals surface area contributed by atoms with Crippen LogP contribution in [0.1, 0.15) is 52.6 Å². The molecule has 0 radical (unpaired) electrons. The number of aromatic nitrogens is 1. The molecule has 1 N–H and O–H groups in total. The second-order valence-electron chi connectivity index (χ2n) is 6.18. The van der Waals surface area contributed by atoms with Crippen molar-refractivity contribution >= 4 is 0 Å². The molecule has 1 aromatic heterocycles. The zero-order valence-corrected chi connectivity index (χ0v) is 12.8. The maximum Gasteiger partial charge on any atom is 0.0807 e. The lowest BCUT2D eigenvalue weighted by Crippen LogP contribution is -2.13. The highest BCUT2D eigenvalue weighted by Gasteiger charge is 2.24. The second-order valence-corrected chi connectivity index (χ2v) is 6.18. The van der Waals surface area contributed by atoms with E-state index in [1.165, 1.54) is 33.8 Å². The van der Waals surface area contributed by atoms with Gasteiger partial charge in [-0.3, -0.25) is 0 Å². The van der Waals surface area contributed by atoms with Gasteiger partial charge in [0.2, 0.25) is 0 Å². The van der Waals surface area contributed by atoms with E-state index in [1.54, 1.807) is 0 Å². The van der Waals surface area contributed by atoms with Gasteiger partial charge in [0.05, 0.1) is 11.8 Å². The van der Waals surface area contributed by atoms with Gasteiger partial charge in [-0.15, -0.1) is 0 Å². The molecule has 1 aliphatic carbocycles. The van der Waals surface area contributed by atoms with Crippen LogP contribution in [0, 0.1) is 27.7 Å². The maximum absolute atomic E-state index is 10.2. The summed E-state index contributed by atoms with van der Waals surface area (Å²) < 4.78 is 2.36. The van der Waals surface area contributed by atoms with E-state index in [0.29, 0.717) is 0 Å². The molecule has 0 bridgehead atoms. The standard InChI is InChI=1S/C18H23NO/c1-11-8-12(2)18(13(3)9-11)19-14(4)10-15-16(19)6-5-7-17(15)20/h8-10,17,20H,5-7H2,1-4H3. The minimum atomic E-state index is -0.287. The summed E-state index contributed by atoms with van der Waals surface area (Å²) in [5.41, 5.74) is 8.88. The van der Waals surface area contributed by atoms with Crippen molar-refractivity contribution in [1.29, 1.82) is 0 Å². The third-order valence-electron chi connectivity index (χ3n) is 4.43. The average molecular weight is 269 g/mol. The molecular weight excluding hydrogens is 246 g/mol. The van der Waals surface area contributed by atoms with Crippen molar-refractivity contribution < 1.29 is 5.11 Å². The first-order valence-corrected chi connectivity index (χ1v) is 7.46. The van der Waals surface area contributed by atoms with E-state index in [0.717, 1.165) is 24.8 Å². The molecule has 1 aliphatic rings. The van der Waals surface area contributed by atoms with Gasteiger partial charge in [-0.1, -0.05) is 17.7 Å². The van der Waals surface area contributed by atoms with Gasteiger partial charge in [-0.2, -0.15) is 0 Å². The number of aryl methyl sites for hydroxylation is 4. The number of benzene rings is 1. The third kappa shape index (κ3) is 1.99. The lowest BCUT2D eigenvalue weighted by molar-refractivity contribution is 0.156. The highest BCUT2D eigenvalue weighted by Crippen LogP contribution is 2.35. The molecule has 0 saturated carbocycles. The predicted molar refractivity (Wildman–Crippen MR) is 82.6 cm³/mol. The zero-order valence-electron chi connectivity index (χ0n) is 12.8.